The molecule has 1 aliphatic heterocycles. The van der Waals surface area contributed by atoms with Crippen LogP contribution < -0.4 is 5.32 Å². The van der Waals surface area contributed by atoms with Gasteiger partial charge in [0.2, 0.25) is 5.91 Å². The van der Waals surface area contributed by atoms with Crippen LogP contribution in [0.25, 0.3) is 0 Å². The van der Waals surface area contributed by atoms with E-state index in [0.717, 1.165) is 51.0 Å². The first-order valence-electron chi connectivity index (χ1n) is 8.23. The van der Waals surface area contributed by atoms with Crippen LogP contribution in [0.2, 0.25) is 0 Å². The first kappa shape index (κ1) is 16.0. The molecule has 0 unspecified atom stereocenters. The van der Waals surface area contributed by atoms with E-state index in [4.69, 9.17) is 4.74 Å². The number of para-hydroxylation sites is 1. The van der Waals surface area contributed by atoms with Crippen LogP contribution in [0.5, 0.6) is 0 Å². The minimum Gasteiger partial charge on any atom is -0.381 e. The maximum Gasteiger partial charge on any atom is 0.224 e. The molecule has 1 heterocycles. The second-order valence-corrected chi connectivity index (χ2v) is 5.80. The Morgan fingerprint density at radius 2 is 1.81 bits per heavy atom. The van der Waals surface area contributed by atoms with Gasteiger partial charge < -0.3 is 10.1 Å². The monoisotopic (exact) mass is 289 g/mol. The van der Waals surface area contributed by atoms with E-state index in [-0.39, 0.29) is 5.91 Å². The highest BCUT2D eigenvalue weighted by molar-refractivity contribution is 5.92. The van der Waals surface area contributed by atoms with Crippen molar-refractivity contribution in [1.29, 1.82) is 0 Å². The summed E-state index contributed by atoms with van der Waals surface area (Å²) in [5, 5.41) is 3.15. The van der Waals surface area contributed by atoms with Crippen molar-refractivity contribution >= 4 is 11.6 Å². The molecule has 1 aliphatic rings. The lowest BCUT2D eigenvalue weighted by Gasteiger charge is -2.22. The third-order valence-corrected chi connectivity index (χ3v) is 4.38. The van der Waals surface area contributed by atoms with E-state index in [0.29, 0.717) is 12.3 Å². The van der Waals surface area contributed by atoms with E-state index in [1.807, 2.05) is 0 Å². The Hall–Kier alpha value is -1.35. The largest absolute Gasteiger partial charge is 0.381 e. The molecule has 3 heteroatoms. The Bertz CT molecular complexity index is 442. The molecule has 0 spiro atoms. The lowest BCUT2D eigenvalue weighted by atomic mass is 9.94. The second-order valence-electron chi connectivity index (χ2n) is 5.80. The Kier molecular flexibility index (Phi) is 6.24. The highest BCUT2D eigenvalue weighted by atomic mass is 16.5. The number of hydrogen-bond acceptors (Lipinski definition) is 2. The number of ether oxygens (including phenoxy) is 1. The molecule has 0 saturated carbocycles. The fraction of sp³-hybridized carbons (Fsp3) is 0.611. The smallest absolute Gasteiger partial charge is 0.224 e. The molecule has 0 radical (unpaired) electrons. The van der Waals surface area contributed by atoms with Gasteiger partial charge in [-0.3, -0.25) is 4.79 Å². The molecule has 1 amide bonds. The average molecular weight is 289 g/mol. The van der Waals surface area contributed by atoms with E-state index in [9.17, 15) is 4.79 Å². The van der Waals surface area contributed by atoms with E-state index in [1.165, 1.54) is 11.1 Å². The fourth-order valence-electron chi connectivity index (χ4n) is 2.98. The number of amides is 1. The van der Waals surface area contributed by atoms with Crippen LogP contribution in [0.3, 0.4) is 0 Å². The van der Waals surface area contributed by atoms with Gasteiger partial charge in [0.15, 0.2) is 0 Å². The van der Waals surface area contributed by atoms with Gasteiger partial charge >= 0.3 is 0 Å². The average Bonchev–Trinajstić information content (AvgIpc) is 2.54. The molecular weight excluding hydrogens is 262 g/mol. The zero-order chi connectivity index (χ0) is 15.1. The minimum absolute atomic E-state index is 0.150. The van der Waals surface area contributed by atoms with Crippen molar-refractivity contribution in [3.8, 4) is 0 Å². The van der Waals surface area contributed by atoms with E-state index < -0.39 is 0 Å². The summed E-state index contributed by atoms with van der Waals surface area (Å²) >= 11 is 0. The summed E-state index contributed by atoms with van der Waals surface area (Å²) in [6, 6.07) is 6.29. The SMILES string of the molecule is CCc1cccc(CC)c1NC(=O)CCC1CCOCC1. The lowest BCUT2D eigenvalue weighted by Crippen LogP contribution is -2.19. The summed E-state index contributed by atoms with van der Waals surface area (Å²) < 4.78 is 5.36. The van der Waals surface area contributed by atoms with Crippen LogP contribution >= 0.6 is 0 Å². The molecule has 0 bridgehead atoms. The van der Waals surface area contributed by atoms with Gasteiger partial charge in [0.05, 0.1) is 0 Å². The predicted octanol–water partition coefficient (Wildman–Crippen LogP) is 3.96. The van der Waals surface area contributed by atoms with Gasteiger partial charge in [-0.05, 0) is 49.1 Å². The zero-order valence-corrected chi connectivity index (χ0v) is 13.3. The topological polar surface area (TPSA) is 38.3 Å². The van der Waals surface area contributed by atoms with Gasteiger partial charge in [-0.15, -0.1) is 0 Å². The number of hydrogen-bond donors (Lipinski definition) is 1. The van der Waals surface area contributed by atoms with Crippen molar-refractivity contribution in [1.82, 2.24) is 0 Å². The van der Waals surface area contributed by atoms with Crippen LogP contribution in [0.1, 0.15) is 50.7 Å². The molecule has 21 heavy (non-hydrogen) atoms. The number of nitrogens with one attached hydrogen (secondary N) is 1. The van der Waals surface area contributed by atoms with Crippen molar-refractivity contribution < 1.29 is 9.53 Å². The number of rotatable bonds is 6. The van der Waals surface area contributed by atoms with Crippen molar-refractivity contribution in [3.05, 3.63) is 29.3 Å². The number of carbonyl (C=O) groups excluding carboxylic acids is 1. The van der Waals surface area contributed by atoms with E-state index in [1.54, 1.807) is 0 Å². The summed E-state index contributed by atoms with van der Waals surface area (Å²) in [4.78, 5) is 12.2. The first-order valence-corrected chi connectivity index (χ1v) is 8.23. The van der Waals surface area contributed by atoms with Gasteiger partial charge in [0, 0.05) is 25.3 Å². The number of aryl methyl sites for hydroxylation is 2. The van der Waals surface area contributed by atoms with Gasteiger partial charge in [-0.1, -0.05) is 32.0 Å². The molecule has 1 N–H and O–H groups in total. The molecule has 1 saturated heterocycles. The molecule has 3 nitrogen and oxygen atoms in total. The summed E-state index contributed by atoms with van der Waals surface area (Å²) in [6.45, 7) is 5.97. The van der Waals surface area contributed by atoms with Crippen LogP contribution in [0.15, 0.2) is 18.2 Å². The van der Waals surface area contributed by atoms with E-state index in [2.05, 4.69) is 37.4 Å². The number of carbonyl (C=O) groups is 1. The van der Waals surface area contributed by atoms with Crippen molar-refractivity contribution in [2.75, 3.05) is 18.5 Å². The van der Waals surface area contributed by atoms with Crippen LogP contribution in [0, 0.1) is 5.92 Å². The Balaban J connectivity index is 1.92. The first-order chi connectivity index (χ1) is 10.2. The summed E-state index contributed by atoms with van der Waals surface area (Å²) in [6.07, 6.45) is 5.68. The van der Waals surface area contributed by atoms with Crippen molar-refractivity contribution in [2.24, 2.45) is 5.92 Å². The van der Waals surface area contributed by atoms with E-state index >= 15 is 0 Å². The van der Waals surface area contributed by atoms with Gasteiger partial charge in [0.25, 0.3) is 0 Å². The predicted molar refractivity (Wildman–Crippen MR) is 86.6 cm³/mol. The third-order valence-electron chi connectivity index (χ3n) is 4.38. The molecule has 0 atom stereocenters. The molecule has 2 rings (SSSR count). The third kappa shape index (κ3) is 4.57. The van der Waals surface area contributed by atoms with Crippen LogP contribution in [-0.2, 0) is 22.4 Å². The standard InChI is InChI=1S/C18H27NO2/c1-3-15-6-5-7-16(4-2)18(15)19-17(20)9-8-14-10-12-21-13-11-14/h5-7,14H,3-4,8-13H2,1-2H3,(H,19,20). The molecular formula is C18H27NO2. The molecule has 1 aromatic carbocycles. The number of benzene rings is 1. The summed E-state index contributed by atoms with van der Waals surface area (Å²) in [5.41, 5.74) is 3.50. The molecule has 1 fully saturated rings. The minimum atomic E-state index is 0.150. The van der Waals surface area contributed by atoms with Crippen LogP contribution in [0.4, 0.5) is 5.69 Å². The fourth-order valence-corrected chi connectivity index (χ4v) is 2.98. The highest BCUT2D eigenvalue weighted by Gasteiger charge is 2.16. The normalized spacial score (nSPS) is 15.9. The second kappa shape index (κ2) is 8.18. The molecule has 116 valence electrons. The zero-order valence-electron chi connectivity index (χ0n) is 13.3. The maximum absolute atomic E-state index is 12.2. The summed E-state index contributed by atoms with van der Waals surface area (Å²) in [7, 11) is 0. The Labute approximate surface area is 128 Å². The van der Waals surface area contributed by atoms with Gasteiger partial charge in [0.1, 0.15) is 0 Å². The quantitative estimate of drug-likeness (QED) is 0.861. The summed E-state index contributed by atoms with van der Waals surface area (Å²) in [5.74, 6) is 0.800. The lowest BCUT2D eigenvalue weighted by molar-refractivity contribution is -0.116. The highest BCUT2D eigenvalue weighted by Crippen LogP contribution is 2.24. The van der Waals surface area contributed by atoms with Gasteiger partial charge in [-0.25, -0.2) is 0 Å². The maximum atomic E-state index is 12.2. The van der Waals surface area contributed by atoms with Crippen molar-refractivity contribution in [2.45, 2.75) is 52.4 Å². The van der Waals surface area contributed by atoms with Gasteiger partial charge in [-0.2, -0.15) is 0 Å². The van der Waals surface area contributed by atoms with Crippen molar-refractivity contribution in [3.63, 3.8) is 0 Å². The van der Waals surface area contributed by atoms with Crippen LogP contribution in [-0.4, -0.2) is 19.1 Å². The Morgan fingerprint density at radius 3 is 2.38 bits per heavy atom. The Morgan fingerprint density at radius 1 is 1.19 bits per heavy atom. The molecule has 0 aromatic heterocycles. The molecule has 1 aromatic rings. The number of anilines is 1. The molecule has 0 aliphatic carbocycles.